The molecule has 2 amide bonds. The standard InChI is InChI=1S/C24H28N4O4S.2H2S/c1-16-11-12-22(19-10-6-5-9-18(16)19)33(31,32)28-20(13-14-25)24(30)27-21(23(26)29)15-17-7-3-2-4-8-17;;/h2-12,20-21,28H,13-15,25H2,1H3,(H2,26,29)(H,27,30);2*1H2/t20-,21-;;/m0../s1. The molecule has 11 heteroatoms. The van der Waals surface area contributed by atoms with Gasteiger partial charge in [-0.2, -0.15) is 31.7 Å². The largest absolute Gasteiger partial charge is 0.368 e. The van der Waals surface area contributed by atoms with Crippen molar-refractivity contribution in [1.82, 2.24) is 10.0 Å². The Bertz CT molecular complexity index is 1250. The summed E-state index contributed by atoms with van der Waals surface area (Å²) in [6.07, 6.45) is 0.234. The minimum Gasteiger partial charge on any atom is -0.368 e. The molecule has 0 fully saturated rings. The Morgan fingerprint density at radius 3 is 2.09 bits per heavy atom. The van der Waals surface area contributed by atoms with Gasteiger partial charge in [0.2, 0.25) is 21.8 Å². The van der Waals surface area contributed by atoms with Crippen molar-refractivity contribution in [3.8, 4) is 0 Å². The molecule has 0 radical (unpaired) electrons. The predicted octanol–water partition coefficient (Wildman–Crippen LogP) is 1.58. The van der Waals surface area contributed by atoms with Crippen LogP contribution in [0.25, 0.3) is 10.8 Å². The van der Waals surface area contributed by atoms with Crippen molar-refractivity contribution < 1.29 is 18.0 Å². The van der Waals surface area contributed by atoms with E-state index < -0.39 is 33.9 Å². The van der Waals surface area contributed by atoms with E-state index in [1.54, 1.807) is 18.2 Å². The quantitative estimate of drug-likeness (QED) is 0.311. The Balaban J connectivity index is 0.00000306. The Labute approximate surface area is 219 Å². The Hall–Kier alpha value is -2.57. The number of carbonyl (C=O) groups excluding carboxylic acids is 2. The van der Waals surface area contributed by atoms with Crippen molar-refractivity contribution in [2.75, 3.05) is 6.54 Å². The number of rotatable bonds is 10. The maximum Gasteiger partial charge on any atom is 0.241 e. The molecule has 3 aromatic carbocycles. The van der Waals surface area contributed by atoms with Crippen LogP contribution in [0.1, 0.15) is 17.5 Å². The topological polar surface area (TPSA) is 144 Å². The van der Waals surface area contributed by atoms with E-state index in [1.807, 2.05) is 49.4 Å². The van der Waals surface area contributed by atoms with Crippen molar-refractivity contribution in [3.05, 3.63) is 77.9 Å². The molecule has 190 valence electrons. The first kappa shape index (κ1) is 30.5. The minimum absolute atomic E-state index is 0. The Morgan fingerprint density at radius 2 is 1.49 bits per heavy atom. The average molecular weight is 537 g/mol. The number of sulfonamides is 1. The summed E-state index contributed by atoms with van der Waals surface area (Å²) in [7, 11) is -4.07. The van der Waals surface area contributed by atoms with E-state index in [0.29, 0.717) is 5.39 Å². The van der Waals surface area contributed by atoms with Crippen molar-refractivity contribution in [2.24, 2.45) is 11.5 Å². The summed E-state index contributed by atoms with van der Waals surface area (Å²) in [6, 6.07) is 17.3. The van der Waals surface area contributed by atoms with E-state index in [1.165, 1.54) is 6.07 Å². The number of hydrogen-bond donors (Lipinski definition) is 4. The molecule has 0 heterocycles. The zero-order valence-corrected chi connectivity index (χ0v) is 22.1. The Morgan fingerprint density at radius 1 is 0.886 bits per heavy atom. The van der Waals surface area contributed by atoms with Gasteiger partial charge in [0.05, 0.1) is 4.90 Å². The summed E-state index contributed by atoms with van der Waals surface area (Å²) >= 11 is 0. The van der Waals surface area contributed by atoms with Gasteiger partial charge in [0, 0.05) is 11.8 Å². The fraction of sp³-hybridized carbons (Fsp3) is 0.250. The molecular weight excluding hydrogens is 504 g/mol. The van der Waals surface area contributed by atoms with Crippen LogP contribution in [0.4, 0.5) is 0 Å². The van der Waals surface area contributed by atoms with Gasteiger partial charge in [0.25, 0.3) is 0 Å². The first-order valence-electron chi connectivity index (χ1n) is 10.6. The normalized spacial score (nSPS) is 12.6. The molecular formula is C24H32N4O4S3. The number of fused-ring (bicyclic) bond motifs is 1. The summed E-state index contributed by atoms with van der Waals surface area (Å²) in [5, 5.41) is 3.93. The van der Waals surface area contributed by atoms with Gasteiger partial charge >= 0.3 is 0 Å². The van der Waals surface area contributed by atoms with E-state index in [4.69, 9.17) is 11.5 Å². The van der Waals surface area contributed by atoms with Crippen LogP contribution >= 0.6 is 27.0 Å². The zero-order chi connectivity index (χ0) is 24.0. The molecule has 0 saturated heterocycles. The minimum atomic E-state index is -4.07. The highest BCUT2D eigenvalue weighted by Gasteiger charge is 2.29. The molecule has 0 spiro atoms. The summed E-state index contributed by atoms with van der Waals surface area (Å²) in [6.45, 7) is 1.96. The molecule has 0 aliphatic heterocycles. The molecule has 2 atom stereocenters. The molecule has 0 bridgehead atoms. The highest BCUT2D eigenvalue weighted by atomic mass is 32.2. The summed E-state index contributed by atoms with van der Waals surface area (Å²) < 4.78 is 28.9. The molecule has 3 aromatic rings. The summed E-state index contributed by atoms with van der Waals surface area (Å²) in [5.41, 5.74) is 12.9. The second kappa shape index (κ2) is 13.5. The first-order valence-corrected chi connectivity index (χ1v) is 12.1. The van der Waals surface area contributed by atoms with Crippen LogP contribution in [0.3, 0.4) is 0 Å². The van der Waals surface area contributed by atoms with Crippen LogP contribution in [0.15, 0.2) is 71.6 Å². The van der Waals surface area contributed by atoms with Crippen LogP contribution in [0.2, 0.25) is 0 Å². The maximum absolute atomic E-state index is 13.2. The van der Waals surface area contributed by atoms with Crippen molar-refractivity contribution in [3.63, 3.8) is 0 Å². The average Bonchev–Trinajstić information content (AvgIpc) is 2.79. The van der Waals surface area contributed by atoms with Gasteiger partial charge in [-0.15, -0.1) is 0 Å². The van der Waals surface area contributed by atoms with Gasteiger partial charge in [0.1, 0.15) is 12.1 Å². The third kappa shape index (κ3) is 7.71. The number of nitrogens with one attached hydrogen (secondary N) is 2. The molecule has 0 unspecified atom stereocenters. The lowest BCUT2D eigenvalue weighted by atomic mass is 10.0. The summed E-state index contributed by atoms with van der Waals surface area (Å²) in [4.78, 5) is 25.0. The van der Waals surface area contributed by atoms with Crippen LogP contribution < -0.4 is 21.5 Å². The molecule has 0 aliphatic carbocycles. The number of amides is 2. The number of carbonyl (C=O) groups is 2. The zero-order valence-electron chi connectivity index (χ0n) is 19.3. The van der Waals surface area contributed by atoms with E-state index in [2.05, 4.69) is 10.0 Å². The van der Waals surface area contributed by atoms with Gasteiger partial charge in [-0.1, -0.05) is 60.7 Å². The van der Waals surface area contributed by atoms with Crippen LogP contribution in [-0.4, -0.2) is 38.9 Å². The molecule has 8 nitrogen and oxygen atoms in total. The molecule has 3 rings (SSSR count). The smallest absolute Gasteiger partial charge is 0.241 e. The van der Waals surface area contributed by atoms with Gasteiger partial charge < -0.3 is 16.8 Å². The molecule has 0 aliphatic rings. The molecule has 6 N–H and O–H groups in total. The van der Waals surface area contributed by atoms with Crippen LogP contribution in [0.5, 0.6) is 0 Å². The van der Waals surface area contributed by atoms with Crippen LogP contribution in [-0.2, 0) is 26.0 Å². The van der Waals surface area contributed by atoms with Crippen molar-refractivity contribution in [1.29, 1.82) is 0 Å². The highest BCUT2D eigenvalue weighted by Crippen LogP contribution is 2.26. The predicted molar refractivity (Wildman–Crippen MR) is 148 cm³/mol. The number of aryl methyl sites for hydroxylation is 1. The fourth-order valence-electron chi connectivity index (χ4n) is 3.66. The monoisotopic (exact) mass is 536 g/mol. The number of nitrogens with two attached hydrogens (primary N) is 2. The van der Waals surface area contributed by atoms with Gasteiger partial charge in [-0.25, -0.2) is 8.42 Å². The molecule has 35 heavy (non-hydrogen) atoms. The third-order valence-electron chi connectivity index (χ3n) is 5.40. The van der Waals surface area contributed by atoms with E-state index >= 15 is 0 Å². The lowest BCUT2D eigenvalue weighted by Crippen LogP contribution is -2.54. The molecule has 0 saturated carbocycles. The first-order chi connectivity index (χ1) is 15.7. The number of hydrogen-bond acceptors (Lipinski definition) is 5. The molecule has 0 aromatic heterocycles. The van der Waals surface area contributed by atoms with Gasteiger partial charge in [-0.3, -0.25) is 9.59 Å². The fourth-order valence-corrected chi connectivity index (χ4v) is 5.10. The number of primary amides is 1. The van der Waals surface area contributed by atoms with Gasteiger partial charge in [0.15, 0.2) is 0 Å². The Kier molecular flexibility index (Phi) is 11.7. The van der Waals surface area contributed by atoms with E-state index in [0.717, 1.165) is 16.5 Å². The second-order valence-electron chi connectivity index (χ2n) is 7.83. The second-order valence-corrected chi connectivity index (χ2v) is 9.51. The van der Waals surface area contributed by atoms with E-state index in [9.17, 15) is 18.0 Å². The highest BCUT2D eigenvalue weighted by molar-refractivity contribution is 7.89. The lowest BCUT2D eigenvalue weighted by molar-refractivity contribution is -0.128. The maximum atomic E-state index is 13.2. The van der Waals surface area contributed by atoms with Crippen LogP contribution in [0, 0.1) is 6.92 Å². The van der Waals surface area contributed by atoms with Crippen molar-refractivity contribution in [2.45, 2.75) is 36.7 Å². The summed E-state index contributed by atoms with van der Waals surface area (Å²) in [5.74, 6) is -1.38. The van der Waals surface area contributed by atoms with Crippen molar-refractivity contribution >= 4 is 59.6 Å². The third-order valence-corrected chi connectivity index (χ3v) is 6.93. The lowest BCUT2D eigenvalue weighted by Gasteiger charge is -2.22. The number of benzene rings is 3. The SMILES string of the molecule is Cc1ccc(S(=O)(=O)N[C@@H](CCN)C(=O)N[C@@H](Cc2ccccc2)C(N)=O)c2ccccc12.S.S. The van der Waals surface area contributed by atoms with Gasteiger partial charge in [-0.05, 0) is 42.5 Å². The van der Waals surface area contributed by atoms with E-state index in [-0.39, 0.29) is 51.3 Å².